The summed E-state index contributed by atoms with van der Waals surface area (Å²) in [7, 11) is 0. The number of rotatable bonds is 6. The van der Waals surface area contributed by atoms with Crippen molar-refractivity contribution in [3.63, 3.8) is 0 Å². The molecule has 0 saturated heterocycles. The van der Waals surface area contributed by atoms with Gasteiger partial charge in [0, 0.05) is 0 Å². The van der Waals surface area contributed by atoms with Crippen molar-refractivity contribution in [3.05, 3.63) is 29.8 Å². The minimum atomic E-state index is -0.383. The fourth-order valence-electron chi connectivity index (χ4n) is 2.62. The fraction of sp³-hybridized carbons (Fsp3) is 0.600. The van der Waals surface area contributed by atoms with Gasteiger partial charge in [0.15, 0.2) is 0 Å². The maximum atomic E-state index is 9.92. The van der Waals surface area contributed by atoms with Gasteiger partial charge in [-0.15, -0.1) is 0 Å². The summed E-state index contributed by atoms with van der Waals surface area (Å²) in [5.74, 6) is 1.39. The molecular weight excluding hydrogens is 228 g/mol. The molecule has 1 aromatic carbocycles. The largest absolute Gasteiger partial charge is 0.491 e. The van der Waals surface area contributed by atoms with E-state index >= 15 is 0 Å². The third-order valence-corrected chi connectivity index (χ3v) is 3.60. The van der Waals surface area contributed by atoms with Crippen LogP contribution in [-0.4, -0.2) is 22.9 Å². The van der Waals surface area contributed by atoms with Gasteiger partial charge in [-0.05, 0) is 30.0 Å². The van der Waals surface area contributed by atoms with Crippen LogP contribution in [0.1, 0.15) is 37.7 Å². The van der Waals surface area contributed by atoms with Gasteiger partial charge in [-0.2, -0.15) is 0 Å². The Morgan fingerprint density at radius 1 is 1.28 bits per heavy atom. The molecule has 0 amide bonds. The van der Waals surface area contributed by atoms with E-state index < -0.39 is 0 Å². The number of ether oxygens (including phenoxy) is 1. The van der Waals surface area contributed by atoms with Crippen LogP contribution in [0.2, 0.25) is 0 Å². The van der Waals surface area contributed by atoms with Crippen LogP contribution < -0.4 is 4.74 Å². The van der Waals surface area contributed by atoms with Crippen molar-refractivity contribution in [2.24, 2.45) is 5.92 Å². The molecule has 100 valence electrons. The molecule has 0 radical (unpaired) electrons. The summed E-state index contributed by atoms with van der Waals surface area (Å²) in [5, 5.41) is 18.9. The van der Waals surface area contributed by atoms with Crippen LogP contribution in [0.4, 0.5) is 0 Å². The maximum absolute atomic E-state index is 9.92. The molecule has 0 aromatic heterocycles. The summed E-state index contributed by atoms with van der Waals surface area (Å²) >= 11 is 0. The van der Waals surface area contributed by atoms with Crippen LogP contribution in [-0.2, 0) is 6.61 Å². The third-order valence-electron chi connectivity index (χ3n) is 3.60. The number of hydrogen-bond donors (Lipinski definition) is 2. The van der Waals surface area contributed by atoms with E-state index in [-0.39, 0.29) is 12.7 Å². The van der Waals surface area contributed by atoms with Gasteiger partial charge in [-0.25, -0.2) is 0 Å². The van der Waals surface area contributed by atoms with Gasteiger partial charge in [-0.3, -0.25) is 0 Å². The highest BCUT2D eigenvalue weighted by molar-refractivity contribution is 5.27. The summed E-state index contributed by atoms with van der Waals surface area (Å²) in [4.78, 5) is 0. The zero-order chi connectivity index (χ0) is 12.8. The van der Waals surface area contributed by atoms with Crippen molar-refractivity contribution in [1.29, 1.82) is 0 Å². The smallest absolute Gasteiger partial charge is 0.119 e. The highest BCUT2D eigenvalue weighted by Gasteiger charge is 2.19. The lowest BCUT2D eigenvalue weighted by Gasteiger charge is -2.16. The second kappa shape index (κ2) is 6.76. The van der Waals surface area contributed by atoms with Crippen molar-refractivity contribution in [1.82, 2.24) is 0 Å². The molecule has 1 fully saturated rings. The van der Waals surface area contributed by atoms with Crippen LogP contribution in [0.15, 0.2) is 24.3 Å². The van der Waals surface area contributed by atoms with Crippen LogP contribution in [0, 0.1) is 5.92 Å². The fourth-order valence-corrected chi connectivity index (χ4v) is 2.62. The lowest BCUT2D eigenvalue weighted by Crippen LogP contribution is -2.20. The quantitative estimate of drug-likeness (QED) is 0.815. The van der Waals surface area contributed by atoms with E-state index in [9.17, 15) is 5.11 Å². The molecule has 3 heteroatoms. The van der Waals surface area contributed by atoms with E-state index in [1.54, 1.807) is 0 Å². The first-order valence-electron chi connectivity index (χ1n) is 6.78. The Hall–Kier alpha value is -1.06. The summed E-state index contributed by atoms with van der Waals surface area (Å²) in [5.41, 5.74) is 0.831. The van der Waals surface area contributed by atoms with Crippen LogP contribution >= 0.6 is 0 Å². The SMILES string of the molecule is OCc1cccc(OCC(O)CC2CCCC2)c1. The molecule has 2 rings (SSSR count). The van der Waals surface area contributed by atoms with Crippen LogP contribution in [0.5, 0.6) is 5.75 Å². The first kappa shape index (κ1) is 13.4. The Morgan fingerprint density at radius 3 is 2.78 bits per heavy atom. The average molecular weight is 250 g/mol. The second-order valence-electron chi connectivity index (χ2n) is 5.16. The highest BCUT2D eigenvalue weighted by atomic mass is 16.5. The first-order chi connectivity index (χ1) is 8.78. The Labute approximate surface area is 108 Å². The molecule has 1 aliphatic rings. The standard InChI is InChI=1S/C15H22O3/c16-10-13-6-3-7-15(9-13)18-11-14(17)8-12-4-1-2-5-12/h3,6-7,9,12,14,16-17H,1-2,4-5,8,10-11H2. The maximum Gasteiger partial charge on any atom is 0.119 e. The number of hydrogen-bond acceptors (Lipinski definition) is 3. The van der Waals surface area contributed by atoms with Crippen LogP contribution in [0.25, 0.3) is 0 Å². The molecule has 0 heterocycles. The predicted molar refractivity (Wildman–Crippen MR) is 70.4 cm³/mol. The minimum Gasteiger partial charge on any atom is -0.491 e. The molecule has 1 aromatic rings. The Balaban J connectivity index is 1.75. The molecule has 2 N–H and O–H groups in total. The van der Waals surface area contributed by atoms with E-state index in [0.717, 1.165) is 12.0 Å². The summed E-state index contributed by atoms with van der Waals surface area (Å²) in [6.45, 7) is 0.354. The third kappa shape index (κ3) is 4.00. The summed E-state index contributed by atoms with van der Waals surface area (Å²) in [6.07, 6.45) is 5.56. The summed E-state index contributed by atoms with van der Waals surface area (Å²) < 4.78 is 5.56. The van der Waals surface area contributed by atoms with Crippen molar-refractivity contribution >= 4 is 0 Å². The van der Waals surface area contributed by atoms with E-state index in [0.29, 0.717) is 18.3 Å². The molecule has 1 saturated carbocycles. The Morgan fingerprint density at radius 2 is 2.06 bits per heavy atom. The van der Waals surface area contributed by atoms with Crippen LogP contribution in [0.3, 0.4) is 0 Å². The molecule has 1 aliphatic carbocycles. The Bertz CT molecular complexity index is 359. The van der Waals surface area contributed by atoms with E-state index in [1.807, 2.05) is 24.3 Å². The molecule has 0 aliphatic heterocycles. The van der Waals surface area contributed by atoms with E-state index in [4.69, 9.17) is 9.84 Å². The molecule has 1 atom stereocenters. The molecule has 0 spiro atoms. The molecule has 1 unspecified atom stereocenters. The predicted octanol–water partition coefficient (Wildman–Crippen LogP) is 2.50. The van der Waals surface area contributed by atoms with Gasteiger partial charge in [0.05, 0.1) is 12.7 Å². The summed E-state index contributed by atoms with van der Waals surface area (Å²) in [6, 6.07) is 7.36. The van der Waals surface area contributed by atoms with Crippen molar-refractivity contribution in [3.8, 4) is 5.75 Å². The van der Waals surface area contributed by atoms with E-state index in [2.05, 4.69) is 0 Å². The van der Waals surface area contributed by atoms with Gasteiger partial charge in [0.25, 0.3) is 0 Å². The van der Waals surface area contributed by atoms with Gasteiger partial charge in [-0.1, -0.05) is 37.8 Å². The zero-order valence-electron chi connectivity index (χ0n) is 10.7. The monoisotopic (exact) mass is 250 g/mol. The normalized spacial score (nSPS) is 17.9. The van der Waals surface area contributed by atoms with Gasteiger partial charge in [0.1, 0.15) is 12.4 Å². The number of aliphatic hydroxyl groups excluding tert-OH is 2. The average Bonchev–Trinajstić information content (AvgIpc) is 2.89. The van der Waals surface area contributed by atoms with Gasteiger partial charge >= 0.3 is 0 Å². The van der Waals surface area contributed by atoms with Crippen molar-refractivity contribution < 1.29 is 14.9 Å². The van der Waals surface area contributed by atoms with Gasteiger partial charge < -0.3 is 14.9 Å². The second-order valence-corrected chi connectivity index (χ2v) is 5.16. The molecule has 3 nitrogen and oxygen atoms in total. The lowest BCUT2D eigenvalue weighted by atomic mass is 10.0. The number of aliphatic hydroxyl groups is 2. The molecule has 18 heavy (non-hydrogen) atoms. The van der Waals surface area contributed by atoms with E-state index in [1.165, 1.54) is 25.7 Å². The lowest BCUT2D eigenvalue weighted by molar-refractivity contribution is 0.0854. The number of benzene rings is 1. The zero-order valence-corrected chi connectivity index (χ0v) is 10.7. The molecular formula is C15H22O3. The Kier molecular flexibility index (Phi) is 5.02. The van der Waals surface area contributed by atoms with Crippen molar-refractivity contribution in [2.75, 3.05) is 6.61 Å². The first-order valence-corrected chi connectivity index (χ1v) is 6.78. The highest BCUT2D eigenvalue weighted by Crippen LogP contribution is 2.28. The van der Waals surface area contributed by atoms with Gasteiger partial charge in [0.2, 0.25) is 0 Å². The topological polar surface area (TPSA) is 49.7 Å². The molecule has 0 bridgehead atoms. The minimum absolute atomic E-state index is 0.0157. The van der Waals surface area contributed by atoms with Crippen molar-refractivity contribution in [2.45, 2.75) is 44.8 Å².